The van der Waals surface area contributed by atoms with Gasteiger partial charge in [0.05, 0.1) is 16.1 Å². The average molecular weight is 341 g/mol. The Kier molecular flexibility index (Phi) is 4.43. The van der Waals surface area contributed by atoms with Crippen LogP contribution in [0.25, 0.3) is 0 Å². The van der Waals surface area contributed by atoms with Crippen LogP contribution in [-0.2, 0) is 9.84 Å². The average Bonchev–Trinajstić information content (AvgIpc) is 2.37. The topological polar surface area (TPSA) is 73.0 Å². The van der Waals surface area contributed by atoms with Crippen molar-refractivity contribution in [3.63, 3.8) is 0 Å². The number of nitrogens with zero attached hydrogens (tertiary/aromatic N) is 1. The van der Waals surface area contributed by atoms with Crippen molar-refractivity contribution in [2.24, 2.45) is 0 Å². The van der Waals surface area contributed by atoms with Gasteiger partial charge in [-0.15, -0.1) is 0 Å². The van der Waals surface area contributed by atoms with E-state index in [0.29, 0.717) is 16.8 Å². The molecule has 21 heavy (non-hydrogen) atoms. The highest BCUT2D eigenvalue weighted by molar-refractivity contribution is 7.90. The highest BCUT2D eigenvalue weighted by Crippen LogP contribution is 2.22. The lowest BCUT2D eigenvalue weighted by atomic mass is 10.2. The summed E-state index contributed by atoms with van der Waals surface area (Å²) < 4.78 is 22.7. The molecule has 2 N–H and O–H groups in total. The third-order valence-electron chi connectivity index (χ3n) is 2.59. The number of rotatable bonds is 1. The summed E-state index contributed by atoms with van der Waals surface area (Å²) in [5.74, 6) is 5.65. The summed E-state index contributed by atoms with van der Waals surface area (Å²) in [6, 6.07) is 7.66. The van der Waals surface area contributed by atoms with Crippen molar-refractivity contribution in [3.05, 3.63) is 51.8 Å². The first-order chi connectivity index (χ1) is 9.77. The predicted octanol–water partition coefficient (Wildman–Crippen LogP) is 2.77. The van der Waals surface area contributed by atoms with Crippen LogP contribution in [0, 0.1) is 11.8 Å². The Morgan fingerprint density at radius 2 is 1.76 bits per heavy atom. The van der Waals surface area contributed by atoms with Gasteiger partial charge in [0.25, 0.3) is 0 Å². The number of nitrogen functional groups attached to an aromatic ring is 1. The molecule has 0 unspecified atom stereocenters. The van der Waals surface area contributed by atoms with Gasteiger partial charge in [0, 0.05) is 11.8 Å². The molecule has 0 atom stereocenters. The zero-order chi connectivity index (χ0) is 15.6. The van der Waals surface area contributed by atoms with Crippen LogP contribution in [0.5, 0.6) is 0 Å². The summed E-state index contributed by atoms with van der Waals surface area (Å²) in [6.45, 7) is 0. The maximum absolute atomic E-state index is 11.4. The summed E-state index contributed by atoms with van der Waals surface area (Å²) in [4.78, 5) is 4.10. The van der Waals surface area contributed by atoms with E-state index < -0.39 is 9.84 Å². The van der Waals surface area contributed by atoms with Crippen LogP contribution in [-0.4, -0.2) is 19.7 Å². The molecule has 1 aromatic heterocycles. The van der Waals surface area contributed by atoms with Gasteiger partial charge >= 0.3 is 0 Å². The number of aromatic nitrogens is 1. The highest BCUT2D eigenvalue weighted by atomic mass is 35.5. The van der Waals surface area contributed by atoms with Crippen molar-refractivity contribution in [3.8, 4) is 11.8 Å². The van der Waals surface area contributed by atoms with Gasteiger partial charge in [-0.05, 0) is 30.3 Å². The molecule has 0 radical (unpaired) electrons. The van der Waals surface area contributed by atoms with Crippen molar-refractivity contribution in [2.45, 2.75) is 4.90 Å². The fourth-order valence-corrected chi connectivity index (χ4v) is 2.67. The lowest BCUT2D eigenvalue weighted by molar-refractivity contribution is 0.602. The van der Waals surface area contributed by atoms with Crippen molar-refractivity contribution < 1.29 is 8.42 Å². The molecule has 1 aromatic carbocycles. The molecule has 2 rings (SSSR count). The van der Waals surface area contributed by atoms with E-state index in [1.807, 2.05) is 0 Å². The Bertz CT molecular complexity index is 828. The first-order valence-corrected chi connectivity index (χ1v) is 8.36. The van der Waals surface area contributed by atoms with Crippen LogP contribution in [0.4, 0.5) is 5.69 Å². The fourth-order valence-electron chi connectivity index (χ4n) is 1.55. The van der Waals surface area contributed by atoms with E-state index >= 15 is 0 Å². The minimum absolute atomic E-state index is 0.125. The van der Waals surface area contributed by atoms with Crippen LogP contribution in [0.1, 0.15) is 11.1 Å². The van der Waals surface area contributed by atoms with Gasteiger partial charge in [-0.2, -0.15) is 0 Å². The van der Waals surface area contributed by atoms with Gasteiger partial charge in [-0.1, -0.05) is 35.0 Å². The Hall–Kier alpha value is -1.74. The maximum atomic E-state index is 11.4. The molecule has 0 aliphatic heterocycles. The van der Waals surface area contributed by atoms with Crippen LogP contribution in [0.3, 0.4) is 0 Å². The number of hydrogen-bond acceptors (Lipinski definition) is 4. The van der Waals surface area contributed by atoms with Gasteiger partial charge in [-0.3, -0.25) is 0 Å². The SMILES string of the molecule is CS(=O)(=O)c1ccc(C#Cc2c(N)cc(Cl)nc2Cl)cc1. The number of sulfone groups is 1. The second-order valence-electron chi connectivity index (χ2n) is 4.25. The molecule has 0 aliphatic carbocycles. The second kappa shape index (κ2) is 5.94. The van der Waals surface area contributed by atoms with Crippen LogP contribution >= 0.6 is 23.2 Å². The monoisotopic (exact) mass is 340 g/mol. The van der Waals surface area contributed by atoms with Crippen LogP contribution in [0.15, 0.2) is 35.2 Å². The minimum atomic E-state index is -3.22. The predicted molar refractivity (Wildman–Crippen MR) is 84.2 cm³/mol. The van der Waals surface area contributed by atoms with Crippen LogP contribution < -0.4 is 5.73 Å². The van der Waals surface area contributed by atoms with Crippen molar-refractivity contribution in [1.82, 2.24) is 4.98 Å². The zero-order valence-corrected chi connectivity index (χ0v) is 13.2. The number of benzene rings is 1. The van der Waals surface area contributed by atoms with E-state index in [1.165, 1.54) is 18.2 Å². The Morgan fingerprint density at radius 1 is 1.14 bits per heavy atom. The number of pyridine rings is 1. The van der Waals surface area contributed by atoms with Gasteiger partial charge in [0.2, 0.25) is 0 Å². The number of hydrogen-bond donors (Lipinski definition) is 1. The Labute approximate surface area is 132 Å². The van der Waals surface area contributed by atoms with E-state index in [1.54, 1.807) is 12.1 Å². The molecule has 0 amide bonds. The molecule has 0 spiro atoms. The molecule has 0 aliphatic rings. The first-order valence-electron chi connectivity index (χ1n) is 5.71. The maximum Gasteiger partial charge on any atom is 0.175 e. The third-order valence-corrected chi connectivity index (χ3v) is 4.18. The van der Waals surface area contributed by atoms with E-state index in [2.05, 4.69) is 16.8 Å². The molecule has 0 saturated heterocycles. The summed E-state index contributed by atoms with van der Waals surface area (Å²) in [7, 11) is -3.22. The fraction of sp³-hybridized carbons (Fsp3) is 0.0714. The highest BCUT2D eigenvalue weighted by Gasteiger charge is 2.07. The van der Waals surface area contributed by atoms with E-state index in [4.69, 9.17) is 28.9 Å². The summed E-state index contributed by atoms with van der Waals surface area (Å²) >= 11 is 11.6. The number of anilines is 1. The minimum Gasteiger partial charge on any atom is -0.398 e. The molecular formula is C14H10Cl2N2O2S. The normalized spacial score (nSPS) is 10.8. The molecular weight excluding hydrogens is 331 g/mol. The largest absolute Gasteiger partial charge is 0.398 e. The van der Waals surface area contributed by atoms with Gasteiger partial charge in [0.1, 0.15) is 10.3 Å². The smallest absolute Gasteiger partial charge is 0.175 e. The summed E-state index contributed by atoms with van der Waals surface area (Å²) in [5.41, 5.74) is 7.13. The number of nitrogens with two attached hydrogens (primary N) is 1. The molecule has 1 heterocycles. The van der Waals surface area contributed by atoms with Crippen molar-refractivity contribution >= 4 is 38.7 Å². The number of halogens is 2. The van der Waals surface area contributed by atoms with Gasteiger partial charge in [-0.25, -0.2) is 13.4 Å². The standard InChI is InChI=1S/C14H10Cl2N2O2S/c1-21(19,20)10-5-2-9(3-6-10)4-7-11-12(17)8-13(15)18-14(11)16/h2-3,5-6,8H,1H3,(H2,17,18). The van der Waals surface area contributed by atoms with E-state index in [-0.39, 0.29) is 15.2 Å². The lowest BCUT2D eigenvalue weighted by Crippen LogP contribution is -1.96. The Morgan fingerprint density at radius 3 is 2.29 bits per heavy atom. The third kappa shape index (κ3) is 3.88. The molecule has 4 nitrogen and oxygen atoms in total. The second-order valence-corrected chi connectivity index (χ2v) is 7.01. The molecule has 108 valence electrons. The van der Waals surface area contributed by atoms with E-state index in [0.717, 1.165) is 6.26 Å². The quantitative estimate of drug-likeness (QED) is 0.639. The molecule has 0 fully saturated rings. The Balaban J connectivity index is 2.36. The first kappa shape index (κ1) is 15.6. The van der Waals surface area contributed by atoms with Crippen LogP contribution in [0.2, 0.25) is 10.3 Å². The lowest BCUT2D eigenvalue weighted by Gasteiger charge is -2.01. The molecule has 7 heteroatoms. The van der Waals surface area contributed by atoms with Crippen molar-refractivity contribution in [1.29, 1.82) is 0 Å². The zero-order valence-electron chi connectivity index (χ0n) is 10.9. The van der Waals surface area contributed by atoms with Crippen molar-refractivity contribution in [2.75, 3.05) is 12.0 Å². The van der Waals surface area contributed by atoms with E-state index in [9.17, 15) is 8.42 Å². The molecule has 0 bridgehead atoms. The van der Waals surface area contributed by atoms with Gasteiger partial charge < -0.3 is 5.73 Å². The summed E-state index contributed by atoms with van der Waals surface area (Å²) in [5, 5.41) is 0.320. The molecule has 2 aromatic rings. The summed E-state index contributed by atoms with van der Waals surface area (Å²) in [6.07, 6.45) is 1.15. The molecule has 0 saturated carbocycles. The van der Waals surface area contributed by atoms with Gasteiger partial charge in [0.15, 0.2) is 9.84 Å².